The lowest BCUT2D eigenvalue weighted by Gasteiger charge is -2.16. The van der Waals surface area contributed by atoms with Crippen LogP contribution in [0.5, 0.6) is 0 Å². The molecule has 3 N–H and O–H groups in total. The molecule has 0 radical (unpaired) electrons. The first kappa shape index (κ1) is 26.7. The van der Waals surface area contributed by atoms with Gasteiger partial charge in [0.1, 0.15) is 0 Å². The highest BCUT2D eigenvalue weighted by molar-refractivity contribution is 14.0. The van der Waals surface area contributed by atoms with Crippen molar-refractivity contribution in [3.63, 3.8) is 0 Å². The molecule has 0 bridgehead atoms. The molecule has 0 aliphatic heterocycles. The van der Waals surface area contributed by atoms with Crippen LogP contribution in [0.3, 0.4) is 0 Å². The second kappa shape index (κ2) is 12.5. The molecule has 2 rings (SSSR count). The van der Waals surface area contributed by atoms with Gasteiger partial charge in [-0.3, -0.25) is 9.79 Å². The fourth-order valence-corrected chi connectivity index (χ4v) is 2.97. The van der Waals surface area contributed by atoms with Crippen molar-refractivity contribution < 1.29 is 18.0 Å². The summed E-state index contributed by atoms with van der Waals surface area (Å²) in [6, 6.07) is 12.7. The van der Waals surface area contributed by atoms with Gasteiger partial charge in [-0.15, -0.1) is 24.0 Å². The van der Waals surface area contributed by atoms with Crippen LogP contribution in [0.2, 0.25) is 0 Å². The lowest BCUT2D eigenvalue weighted by atomic mass is 9.96. The van der Waals surface area contributed by atoms with Gasteiger partial charge in [-0.05, 0) is 41.7 Å². The zero-order valence-electron chi connectivity index (χ0n) is 17.7. The first-order valence-corrected chi connectivity index (χ1v) is 9.67. The van der Waals surface area contributed by atoms with Crippen LogP contribution >= 0.6 is 24.0 Å². The Kier molecular flexibility index (Phi) is 10.8. The summed E-state index contributed by atoms with van der Waals surface area (Å²) in [7, 11) is 3.23. The number of alkyl halides is 3. The van der Waals surface area contributed by atoms with Crippen molar-refractivity contribution in [2.24, 2.45) is 4.99 Å². The van der Waals surface area contributed by atoms with E-state index < -0.39 is 11.7 Å². The minimum Gasteiger partial charge on any atom is -0.356 e. The predicted molar refractivity (Wildman–Crippen MR) is 128 cm³/mol. The van der Waals surface area contributed by atoms with E-state index in [1.807, 2.05) is 19.1 Å². The molecular formula is C22H28F3IN4O. The summed E-state index contributed by atoms with van der Waals surface area (Å²) in [5.41, 5.74) is 1.53. The lowest BCUT2D eigenvalue weighted by molar-refractivity contribution is -0.137. The normalized spacial score (nSPS) is 12.5. The number of hydrogen-bond acceptors (Lipinski definition) is 2. The van der Waals surface area contributed by atoms with Crippen LogP contribution in [0.1, 0.15) is 46.3 Å². The molecule has 0 saturated heterocycles. The average molecular weight is 548 g/mol. The minimum atomic E-state index is -4.34. The molecule has 170 valence electrons. The van der Waals surface area contributed by atoms with Crippen LogP contribution in [0.15, 0.2) is 53.5 Å². The van der Waals surface area contributed by atoms with Crippen molar-refractivity contribution in [2.75, 3.05) is 20.6 Å². The summed E-state index contributed by atoms with van der Waals surface area (Å²) in [5, 5.41) is 8.93. The van der Waals surface area contributed by atoms with Gasteiger partial charge in [-0.25, -0.2) is 0 Å². The topological polar surface area (TPSA) is 65.5 Å². The minimum absolute atomic E-state index is 0. The number of aliphatic imine (C=N–C) groups is 1. The molecule has 0 heterocycles. The molecule has 9 heteroatoms. The van der Waals surface area contributed by atoms with Crippen molar-refractivity contribution in [3.8, 4) is 0 Å². The molecule has 1 unspecified atom stereocenters. The molecule has 2 aromatic rings. The molecule has 0 saturated carbocycles. The smallest absolute Gasteiger partial charge is 0.356 e. The number of benzene rings is 2. The molecule has 0 aromatic heterocycles. The summed E-state index contributed by atoms with van der Waals surface area (Å²) in [6.45, 7) is 2.93. The maximum absolute atomic E-state index is 12.9. The van der Waals surface area contributed by atoms with E-state index in [0.717, 1.165) is 11.6 Å². The largest absolute Gasteiger partial charge is 0.416 e. The molecule has 5 nitrogen and oxygen atoms in total. The Hall–Kier alpha value is -2.30. The maximum Gasteiger partial charge on any atom is 0.416 e. The molecule has 1 amide bonds. The molecule has 0 fully saturated rings. The third-order valence-corrected chi connectivity index (χ3v) is 4.75. The predicted octanol–water partition coefficient (Wildman–Crippen LogP) is 4.54. The van der Waals surface area contributed by atoms with Crippen LogP contribution < -0.4 is 16.0 Å². The number of nitrogens with zero attached hydrogens (tertiary/aromatic N) is 1. The molecule has 0 aliphatic carbocycles. The number of guanidine groups is 1. The molecule has 0 aliphatic rings. The van der Waals surface area contributed by atoms with Crippen molar-refractivity contribution >= 4 is 35.8 Å². The van der Waals surface area contributed by atoms with Crippen molar-refractivity contribution in [3.05, 3.63) is 70.8 Å². The molecular weight excluding hydrogens is 520 g/mol. The molecule has 0 spiro atoms. The SMILES string of the molecule is CN=C(NCCC(C)c1cccc(C(F)(F)F)c1)NCc1cccc(C(=O)NC)c1.I. The van der Waals surface area contributed by atoms with E-state index in [-0.39, 0.29) is 35.8 Å². The zero-order chi connectivity index (χ0) is 22.1. The monoisotopic (exact) mass is 548 g/mol. The van der Waals surface area contributed by atoms with Gasteiger partial charge in [0.25, 0.3) is 5.91 Å². The van der Waals surface area contributed by atoms with Crippen LogP contribution in [-0.2, 0) is 12.7 Å². The third kappa shape index (κ3) is 8.39. The second-order valence-electron chi connectivity index (χ2n) is 6.94. The van der Waals surface area contributed by atoms with Gasteiger partial charge in [0.15, 0.2) is 5.96 Å². The Labute approximate surface area is 197 Å². The number of rotatable bonds is 7. The highest BCUT2D eigenvalue weighted by Gasteiger charge is 2.30. The Morgan fingerprint density at radius 2 is 1.81 bits per heavy atom. The van der Waals surface area contributed by atoms with E-state index >= 15 is 0 Å². The van der Waals surface area contributed by atoms with Crippen LogP contribution in [0.4, 0.5) is 13.2 Å². The van der Waals surface area contributed by atoms with Crippen LogP contribution in [0.25, 0.3) is 0 Å². The quantitative estimate of drug-likeness (QED) is 0.271. The van der Waals surface area contributed by atoms with Gasteiger partial charge in [-0.1, -0.05) is 37.3 Å². The highest BCUT2D eigenvalue weighted by atomic mass is 127. The van der Waals surface area contributed by atoms with E-state index in [2.05, 4.69) is 20.9 Å². The van der Waals surface area contributed by atoms with Gasteiger partial charge in [0.2, 0.25) is 0 Å². The van der Waals surface area contributed by atoms with Crippen molar-refractivity contribution in [2.45, 2.75) is 32.0 Å². The Morgan fingerprint density at radius 1 is 1.10 bits per heavy atom. The standard InChI is InChI=1S/C22H27F3N4O.HI/c1-15(17-7-5-9-19(13-17)22(23,24)25)10-11-28-21(27-3)29-14-16-6-4-8-18(12-16)20(30)26-2;/h4-9,12-13,15H,10-11,14H2,1-3H3,(H,26,30)(H2,27,28,29);1H. The fourth-order valence-electron chi connectivity index (χ4n) is 2.97. The molecule has 2 aromatic carbocycles. The van der Waals surface area contributed by atoms with E-state index in [1.54, 1.807) is 32.3 Å². The average Bonchev–Trinajstić information content (AvgIpc) is 2.75. The number of halogens is 4. The van der Waals surface area contributed by atoms with Gasteiger partial charge in [0, 0.05) is 32.7 Å². The first-order chi connectivity index (χ1) is 14.2. The summed E-state index contributed by atoms with van der Waals surface area (Å²) in [5.74, 6) is 0.390. The van der Waals surface area contributed by atoms with Crippen LogP contribution in [0, 0.1) is 0 Å². The van der Waals surface area contributed by atoms with Gasteiger partial charge >= 0.3 is 6.18 Å². The summed E-state index contributed by atoms with van der Waals surface area (Å²) in [6.07, 6.45) is -3.69. The zero-order valence-corrected chi connectivity index (χ0v) is 20.0. The number of nitrogens with one attached hydrogen (secondary N) is 3. The fraction of sp³-hybridized carbons (Fsp3) is 0.364. The van der Waals surface area contributed by atoms with Gasteiger partial charge < -0.3 is 16.0 Å². The summed E-state index contributed by atoms with van der Waals surface area (Å²) < 4.78 is 38.7. The number of hydrogen-bond donors (Lipinski definition) is 3. The maximum atomic E-state index is 12.9. The van der Waals surface area contributed by atoms with E-state index in [9.17, 15) is 18.0 Å². The third-order valence-electron chi connectivity index (χ3n) is 4.75. The van der Waals surface area contributed by atoms with Crippen molar-refractivity contribution in [1.82, 2.24) is 16.0 Å². The molecule has 1 atom stereocenters. The van der Waals surface area contributed by atoms with E-state index in [1.165, 1.54) is 12.1 Å². The Bertz CT molecular complexity index is 887. The van der Waals surface area contributed by atoms with Gasteiger partial charge in [-0.2, -0.15) is 13.2 Å². The van der Waals surface area contributed by atoms with Crippen LogP contribution in [-0.4, -0.2) is 32.5 Å². The van der Waals surface area contributed by atoms with E-state index in [4.69, 9.17) is 0 Å². The number of carbonyl (C=O) groups excluding carboxylic acids is 1. The summed E-state index contributed by atoms with van der Waals surface area (Å²) in [4.78, 5) is 15.9. The van der Waals surface area contributed by atoms with Crippen molar-refractivity contribution in [1.29, 1.82) is 0 Å². The number of carbonyl (C=O) groups is 1. The van der Waals surface area contributed by atoms with E-state index in [0.29, 0.717) is 36.6 Å². The Morgan fingerprint density at radius 3 is 2.45 bits per heavy atom. The first-order valence-electron chi connectivity index (χ1n) is 9.67. The Balaban J connectivity index is 0.00000480. The second-order valence-corrected chi connectivity index (χ2v) is 6.94. The summed E-state index contributed by atoms with van der Waals surface area (Å²) >= 11 is 0. The lowest BCUT2D eigenvalue weighted by Crippen LogP contribution is -2.37. The highest BCUT2D eigenvalue weighted by Crippen LogP contribution is 2.31. The molecule has 31 heavy (non-hydrogen) atoms. The number of amides is 1. The van der Waals surface area contributed by atoms with Gasteiger partial charge in [0.05, 0.1) is 5.56 Å².